The molecule has 7 nitrogen and oxygen atoms in total. The van der Waals surface area contributed by atoms with E-state index in [1.807, 2.05) is 18.2 Å². The van der Waals surface area contributed by atoms with Gasteiger partial charge in [0.05, 0.1) is 23.9 Å². The first-order valence-corrected chi connectivity index (χ1v) is 11.5. The number of ether oxygens (including phenoxy) is 2. The van der Waals surface area contributed by atoms with Gasteiger partial charge in [-0.25, -0.2) is 4.39 Å². The lowest BCUT2D eigenvalue weighted by Gasteiger charge is -2.41. The first-order chi connectivity index (χ1) is 16.9. The summed E-state index contributed by atoms with van der Waals surface area (Å²) in [7, 11) is 0. The van der Waals surface area contributed by atoms with Gasteiger partial charge in [-0.15, -0.1) is 17.5 Å². The summed E-state index contributed by atoms with van der Waals surface area (Å²) in [6.07, 6.45) is -2.29. The number of rotatable bonds is 6. The molecule has 3 aromatic rings. The highest BCUT2D eigenvalue weighted by Gasteiger charge is 2.49. The van der Waals surface area contributed by atoms with Crippen molar-refractivity contribution in [1.82, 2.24) is 25.5 Å². The zero-order chi connectivity index (χ0) is 24.5. The van der Waals surface area contributed by atoms with Crippen LogP contribution in [-0.2, 0) is 10.9 Å². The van der Waals surface area contributed by atoms with Crippen LogP contribution in [0.2, 0.25) is 0 Å². The standard InChI is InChI=1S/C24H25F4N5O2.ClH/c25-10-12-34-20-8-7-18(33-22(24(26,27)28)30-31-32-33)13-19(20)17-14-23(35-15-17)9-4-11-29-21(23)16-5-2-1-3-6-16;/h1-3,5-8,13,17,21,29H,4,9-12,14-15H2;1H/t17-,21+,23-;/m1./s1. The molecular weight excluding hydrogens is 502 g/mol. The van der Waals surface area contributed by atoms with Gasteiger partial charge in [-0.2, -0.15) is 17.9 Å². The molecule has 0 amide bonds. The van der Waals surface area contributed by atoms with Crippen LogP contribution < -0.4 is 10.1 Å². The van der Waals surface area contributed by atoms with Gasteiger partial charge >= 0.3 is 6.18 Å². The summed E-state index contributed by atoms with van der Waals surface area (Å²) >= 11 is 0. The topological polar surface area (TPSA) is 74.1 Å². The Morgan fingerprint density at radius 2 is 1.97 bits per heavy atom. The molecule has 194 valence electrons. The van der Waals surface area contributed by atoms with Gasteiger partial charge in [-0.1, -0.05) is 30.3 Å². The zero-order valence-corrected chi connectivity index (χ0v) is 20.1. The van der Waals surface area contributed by atoms with Crippen molar-refractivity contribution in [2.24, 2.45) is 0 Å². The zero-order valence-electron chi connectivity index (χ0n) is 19.2. The molecule has 36 heavy (non-hydrogen) atoms. The van der Waals surface area contributed by atoms with Crippen molar-refractivity contribution in [3.63, 3.8) is 0 Å². The second kappa shape index (κ2) is 10.7. The number of hydrogen-bond acceptors (Lipinski definition) is 6. The van der Waals surface area contributed by atoms with Crippen LogP contribution >= 0.6 is 12.4 Å². The number of nitrogens with zero attached hydrogens (tertiary/aromatic N) is 4. The van der Waals surface area contributed by atoms with Crippen molar-refractivity contribution in [1.29, 1.82) is 0 Å². The molecule has 3 atom stereocenters. The summed E-state index contributed by atoms with van der Waals surface area (Å²) in [6.45, 7) is 0.396. The third-order valence-electron chi connectivity index (χ3n) is 6.68. The van der Waals surface area contributed by atoms with E-state index in [4.69, 9.17) is 9.47 Å². The van der Waals surface area contributed by atoms with Crippen LogP contribution in [-0.4, -0.2) is 52.2 Å². The Hall–Kier alpha value is -2.76. The second-order valence-corrected chi connectivity index (χ2v) is 8.85. The monoisotopic (exact) mass is 527 g/mol. The molecule has 2 aromatic carbocycles. The number of alkyl halides is 4. The Morgan fingerprint density at radius 3 is 2.72 bits per heavy atom. The Morgan fingerprint density at radius 1 is 1.17 bits per heavy atom. The number of piperidine rings is 1. The Balaban J connectivity index is 0.00000304. The van der Waals surface area contributed by atoms with E-state index < -0.39 is 24.3 Å². The number of nitrogens with one attached hydrogen (secondary N) is 1. The molecule has 0 radical (unpaired) electrons. The summed E-state index contributed by atoms with van der Waals surface area (Å²) in [6, 6.07) is 14.6. The highest BCUT2D eigenvalue weighted by molar-refractivity contribution is 5.85. The number of halogens is 5. The fourth-order valence-electron chi connectivity index (χ4n) is 5.21. The number of tetrazole rings is 1. The second-order valence-electron chi connectivity index (χ2n) is 8.85. The van der Waals surface area contributed by atoms with Crippen LogP contribution in [0.4, 0.5) is 17.6 Å². The summed E-state index contributed by atoms with van der Waals surface area (Å²) in [5, 5.41) is 13.5. The van der Waals surface area contributed by atoms with Crippen molar-refractivity contribution in [3.05, 3.63) is 65.5 Å². The van der Waals surface area contributed by atoms with E-state index in [0.717, 1.165) is 24.9 Å². The SMILES string of the molecule is Cl.FCCOc1ccc(-n2nnnc2C(F)(F)F)cc1[C@H]1CO[C@]2(CCCN[C@H]2c2ccccc2)C1. The van der Waals surface area contributed by atoms with Crippen molar-refractivity contribution in [2.45, 2.75) is 43.0 Å². The molecule has 0 unspecified atom stereocenters. The molecule has 3 heterocycles. The summed E-state index contributed by atoms with van der Waals surface area (Å²) in [4.78, 5) is 0. The van der Waals surface area contributed by atoms with Crippen molar-refractivity contribution in [3.8, 4) is 11.4 Å². The van der Waals surface area contributed by atoms with E-state index in [1.165, 1.54) is 6.07 Å². The third kappa shape index (κ3) is 5.05. The molecule has 1 aromatic heterocycles. The first kappa shape index (κ1) is 26.3. The Bertz CT molecular complexity index is 1160. The lowest BCUT2D eigenvalue weighted by atomic mass is 9.77. The summed E-state index contributed by atoms with van der Waals surface area (Å²) in [5.41, 5.74) is 1.45. The van der Waals surface area contributed by atoms with Crippen LogP contribution in [0, 0.1) is 0 Å². The maximum atomic E-state index is 13.4. The summed E-state index contributed by atoms with van der Waals surface area (Å²) in [5.74, 6) is -0.971. The predicted molar refractivity (Wildman–Crippen MR) is 125 cm³/mol. The Kier molecular flexibility index (Phi) is 7.82. The van der Waals surface area contributed by atoms with Gasteiger partial charge in [0, 0.05) is 11.5 Å². The fourth-order valence-corrected chi connectivity index (χ4v) is 5.21. The van der Waals surface area contributed by atoms with Gasteiger partial charge in [0.15, 0.2) is 0 Å². The van der Waals surface area contributed by atoms with Crippen molar-refractivity contribution >= 4 is 12.4 Å². The van der Waals surface area contributed by atoms with Crippen LogP contribution in [0.3, 0.4) is 0 Å². The molecule has 12 heteroatoms. The molecule has 2 fully saturated rings. The minimum absolute atomic E-state index is 0. The van der Waals surface area contributed by atoms with Crippen LogP contribution in [0.5, 0.6) is 5.75 Å². The third-order valence-corrected chi connectivity index (χ3v) is 6.68. The van der Waals surface area contributed by atoms with Crippen LogP contribution in [0.1, 0.15) is 48.2 Å². The highest BCUT2D eigenvalue weighted by Crippen LogP contribution is 2.49. The van der Waals surface area contributed by atoms with Crippen molar-refractivity contribution in [2.75, 3.05) is 26.4 Å². The number of hydrogen-bond donors (Lipinski definition) is 1. The van der Waals surface area contributed by atoms with Gasteiger partial charge in [0.2, 0.25) is 0 Å². The lowest BCUT2D eigenvalue weighted by molar-refractivity contribution is -0.146. The molecule has 5 rings (SSSR count). The average molecular weight is 528 g/mol. The molecule has 2 aliphatic heterocycles. The largest absolute Gasteiger partial charge is 0.491 e. The van der Waals surface area contributed by atoms with Gasteiger partial charge < -0.3 is 14.8 Å². The maximum Gasteiger partial charge on any atom is 0.453 e. The molecule has 0 bridgehead atoms. The van der Waals surface area contributed by atoms with E-state index >= 15 is 0 Å². The highest BCUT2D eigenvalue weighted by atomic mass is 35.5. The molecule has 1 spiro atoms. The van der Waals surface area contributed by atoms with E-state index in [1.54, 1.807) is 12.1 Å². The molecular formula is C24H26ClF4N5O2. The lowest BCUT2D eigenvalue weighted by Crippen LogP contribution is -2.48. The molecule has 2 aliphatic rings. The average Bonchev–Trinajstić information content (AvgIpc) is 3.52. The fraction of sp³-hybridized carbons (Fsp3) is 0.458. The molecule has 0 saturated carbocycles. The molecule has 2 saturated heterocycles. The van der Waals surface area contributed by atoms with Gasteiger partial charge in [0.1, 0.15) is 19.0 Å². The van der Waals surface area contributed by atoms with E-state index in [-0.39, 0.29) is 36.7 Å². The van der Waals surface area contributed by atoms with E-state index in [0.29, 0.717) is 29.0 Å². The minimum Gasteiger partial charge on any atom is -0.491 e. The quantitative estimate of drug-likeness (QED) is 0.463. The van der Waals surface area contributed by atoms with Crippen LogP contribution in [0.25, 0.3) is 5.69 Å². The maximum absolute atomic E-state index is 13.4. The summed E-state index contributed by atoms with van der Waals surface area (Å²) < 4.78 is 65.8. The van der Waals surface area contributed by atoms with E-state index in [2.05, 4.69) is 33.0 Å². The predicted octanol–water partition coefficient (Wildman–Crippen LogP) is 4.82. The van der Waals surface area contributed by atoms with Gasteiger partial charge in [-0.3, -0.25) is 0 Å². The van der Waals surface area contributed by atoms with Gasteiger partial charge in [0.25, 0.3) is 5.82 Å². The normalized spacial score (nSPS) is 24.0. The number of benzene rings is 2. The van der Waals surface area contributed by atoms with Crippen molar-refractivity contribution < 1.29 is 27.0 Å². The smallest absolute Gasteiger partial charge is 0.453 e. The van der Waals surface area contributed by atoms with Gasteiger partial charge in [-0.05, 0) is 60.0 Å². The van der Waals surface area contributed by atoms with Crippen LogP contribution in [0.15, 0.2) is 48.5 Å². The Labute approximate surface area is 211 Å². The first-order valence-electron chi connectivity index (χ1n) is 11.5. The van der Waals surface area contributed by atoms with E-state index in [9.17, 15) is 17.6 Å². The molecule has 1 N–H and O–H groups in total. The minimum atomic E-state index is -4.72. The number of aromatic nitrogens is 4. The molecule has 0 aliphatic carbocycles.